The number of ether oxygens (including phenoxy) is 1. The first-order valence-electron chi connectivity index (χ1n) is 10.2. The fourth-order valence-electron chi connectivity index (χ4n) is 3.66. The lowest BCUT2D eigenvalue weighted by molar-refractivity contribution is -0.274. The minimum absolute atomic E-state index is 0.0356. The topological polar surface area (TPSA) is 92.8 Å². The Balaban J connectivity index is 1.62. The first-order chi connectivity index (χ1) is 15.4. The summed E-state index contributed by atoms with van der Waals surface area (Å²) in [5, 5.41) is 2.44. The number of anilines is 2. The van der Waals surface area contributed by atoms with E-state index in [-0.39, 0.29) is 29.0 Å². The number of fused-ring (bicyclic) bond motifs is 1. The van der Waals surface area contributed by atoms with Crippen molar-refractivity contribution in [3.63, 3.8) is 0 Å². The summed E-state index contributed by atoms with van der Waals surface area (Å²) in [5.74, 6) is -1.52. The monoisotopic (exact) mass is 484 g/mol. The first-order valence-corrected chi connectivity index (χ1v) is 11.9. The zero-order chi connectivity index (χ0) is 24.4. The van der Waals surface area contributed by atoms with Crippen LogP contribution in [-0.4, -0.2) is 38.4 Å². The molecule has 1 N–H and O–H groups in total. The van der Waals surface area contributed by atoms with Gasteiger partial charge in [-0.3, -0.25) is 9.59 Å². The highest BCUT2D eigenvalue weighted by atomic mass is 32.2. The predicted octanol–water partition coefficient (Wildman–Crippen LogP) is 4.08. The molecule has 1 aliphatic rings. The first kappa shape index (κ1) is 24.6. The van der Waals surface area contributed by atoms with Gasteiger partial charge in [0.25, 0.3) is 0 Å². The molecule has 7 nitrogen and oxygen atoms in total. The number of sulfone groups is 1. The molecule has 0 aliphatic carbocycles. The van der Waals surface area contributed by atoms with Crippen LogP contribution in [0.15, 0.2) is 47.4 Å². The predicted molar refractivity (Wildman–Crippen MR) is 116 cm³/mol. The molecule has 2 aromatic carbocycles. The van der Waals surface area contributed by atoms with Crippen molar-refractivity contribution in [2.45, 2.75) is 50.4 Å². The second-order valence-corrected chi connectivity index (χ2v) is 9.76. The Bertz CT molecular complexity index is 1150. The van der Waals surface area contributed by atoms with Gasteiger partial charge in [-0.25, -0.2) is 8.42 Å². The number of benzene rings is 2. The number of carbonyl (C=O) groups excluding carboxylic acids is 2. The molecular formula is C22H23F3N2O5S. The molecule has 0 bridgehead atoms. The van der Waals surface area contributed by atoms with Gasteiger partial charge in [0.15, 0.2) is 9.84 Å². The van der Waals surface area contributed by atoms with E-state index in [1.165, 1.54) is 18.2 Å². The third-order valence-electron chi connectivity index (χ3n) is 5.17. The van der Waals surface area contributed by atoms with Crippen molar-refractivity contribution in [3.05, 3.63) is 48.0 Å². The zero-order valence-corrected chi connectivity index (χ0v) is 18.8. The molecule has 1 heterocycles. The van der Waals surface area contributed by atoms with Crippen molar-refractivity contribution in [1.29, 1.82) is 0 Å². The van der Waals surface area contributed by atoms with Crippen LogP contribution in [0.2, 0.25) is 0 Å². The summed E-state index contributed by atoms with van der Waals surface area (Å²) < 4.78 is 65.8. The Kier molecular flexibility index (Phi) is 7.01. The molecule has 2 aromatic rings. The maximum atomic E-state index is 12.7. The van der Waals surface area contributed by atoms with Crippen LogP contribution in [0.25, 0.3) is 0 Å². The second-order valence-electron chi connectivity index (χ2n) is 7.65. The Labute approximate surface area is 189 Å². The van der Waals surface area contributed by atoms with Crippen LogP contribution in [0, 0.1) is 0 Å². The number of nitrogens with one attached hydrogen (secondary N) is 1. The van der Waals surface area contributed by atoms with Crippen LogP contribution in [0.4, 0.5) is 24.5 Å². The molecule has 0 spiro atoms. The van der Waals surface area contributed by atoms with Gasteiger partial charge in [0, 0.05) is 30.3 Å². The average molecular weight is 484 g/mol. The summed E-state index contributed by atoms with van der Waals surface area (Å²) in [6, 6.07) is 9.04. The minimum atomic E-state index is -4.82. The van der Waals surface area contributed by atoms with Crippen LogP contribution in [0.1, 0.15) is 32.3 Å². The van der Waals surface area contributed by atoms with Crippen molar-refractivity contribution in [1.82, 2.24) is 0 Å². The SMILES string of the molecule is CCC(=O)N1c2ccc(S(=O)(=O)CCC(=O)Nc3ccc(OC(F)(F)F)cc3)cc2C[C@@H]1C. The van der Waals surface area contributed by atoms with E-state index in [1.807, 2.05) is 6.92 Å². The van der Waals surface area contributed by atoms with Crippen molar-refractivity contribution < 1.29 is 35.9 Å². The highest BCUT2D eigenvalue weighted by Crippen LogP contribution is 2.34. The Morgan fingerprint density at radius 1 is 1.15 bits per heavy atom. The number of rotatable bonds is 7. The normalized spacial score (nSPS) is 15.8. The highest BCUT2D eigenvalue weighted by Gasteiger charge is 2.32. The third kappa shape index (κ3) is 6.04. The van der Waals surface area contributed by atoms with Crippen molar-refractivity contribution in [2.75, 3.05) is 16.0 Å². The molecule has 0 saturated heterocycles. The Morgan fingerprint density at radius 2 is 1.82 bits per heavy atom. The van der Waals surface area contributed by atoms with E-state index in [4.69, 9.17) is 0 Å². The Hall–Kier alpha value is -3.08. The van der Waals surface area contributed by atoms with Crippen LogP contribution in [0.3, 0.4) is 0 Å². The van der Waals surface area contributed by atoms with Gasteiger partial charge in [0.2, 0.25) is 11.8 Å². The van der Waals surface area contributed by atoms with E-state index in [1.54, 1.807) is 24.0 Å². The molecule has 0 saturated carbocycles. The number of hydrogen-bond acceptors (Lipinski definition) is 5. The van der Waals surface area contributed by atoms with Gasteiger partial charge in [-0.1, -0.05) is 6.92 Å². The molecule has 0 unspecified atom stereocenters. The Morgan fingerprint density at radius 3 is 2.42 bits per heavy atom. The number of halogens is 3. The lowest BCUT2D eigenvalue weighted by Crippen LogP contribution is -2.35. The number of amides is 2. The average Bonchev–Trinajstić information content (AvgIpc) is 3.07. The summed E-state index contributed by atoms with van der Waals surface area (Å²) >= 11 is 0. The maximum absolute atomic E-state index is 12.7. The molecule has 1 aliphatic heterocycles. The molecule has 0 radical (unpaired) electrons. The van der Waals surface area contributed by atoms with Crippen molar-refractivity contribution in [3.8, 4) is 5.75 Å². The van der Waals surface area contributed by atoms with Crippen LogP contribution >= 0.6 is 0 Å². The van der Waals surface area contributed by atoms with Crippen LogP contribution < -0.4 is 15.0 Å². The largest absolute Gasteiger partial charge is 0.573 e. The van der Waals surface area contributed by atoms with E-state index in [9.17, 15) is 31.2 Å². The van der Waals surface area contributed by atoms with Crippen LogP contribution in [0.5, 0.6) is 5.75 Å². The molecule has 178 valence electrons. The number of carbonyl (C=O) groups is 2. The molecule has 11 heteroatoms. The fraction of sp³-hybridized carbons (Fsp3) is 0.364. The molecular weight excluding hydrogens is 461 g/mol. The van der Waals surface area contributed by atoms with Crippen molar-refractivity contribution >= 4 is 33.0 Å². The maximum Gasteiger partial charge on any atom is 0.573 e. The van der Waals surface area contributed by atoms with E-state index < -0.39 is 33.6 Å². The summed E-state index contributed by atoms with van der Waals surface area (Å²) in [6.07, 6.45) is -4.27. The van der Waals surface area contributed by atoms with E-state index in [0.29, 0.717) is 18.5 Å². The summed E-state index contributed by atoms with van der Waals surface area (Å²) in [7, 11) is -3.77. The van der Waals surface area contributed by atoms with E-state index >= 15 is 0 Å². The molecule has 33 heavy (non-hydrogen) atoms. The molecule has 0 aromatic heterocycles. The highest BCUT2D eigenvalue weighted by molar-refractivity contribution is 7.91. The molecule has 0 fully saturated rings. The van der Waals surface area contributed by atoms with Gasteiger partial charge < -0.3 is 15.0 Å². The number of hydrogen-bond donors (Lipinski definition) is 1. The van der Waals surface area contributed by atoms with Crippen LogP contribution in [-0.2, 0) is 25.8 Å². The standard InChI is InChI=1S/C22H23F3N2O5S/c1-3-21(29)27-14(2)12-15-13-18(8-9-19(15)27)33(30,31)11-10-20(28)26-16-4-6-17(7-5-16)32-22(23,24)25/h4-9,13-14H,3,10-12H2,1-2H3,(H,26,28)/t14-/m0/s1. The lowest BCUT2D eigenvalue weighted by atomic mass is 10.1. The molecule has 1 atom stereocenters. The van der Waals surface area contributed by atoms with Gasteiger partial charge >= 0.3 is 6.36 Å². The number of nitrogens with zero attached hydrogens (tertiary/aromatic N) is 1. The van der Waals surface area contributed by atoms with Gasteiger partial charge in [0.1, 0.15) is 5.75 Å². The van der Waals surface area contributed by atoms with Gasteiger partial charge in [-0.15, -0.1) is 13.2 Å². The second kappa shape index (κ2) is 9.42. The third-order valence-corrected chi connectivity index (χ3v) is 6.88. The summed E-state index contributed by atoms with van der Waals surface area (Å²) in [5.41, 5.74) is 1.67. The quantitative estimate of drug-likeness (QED) is 0.640. The molecule has 2 amide bonds. The zero-order valence-electron chi connectivity index (χ0n) is 18.0. The van der Waals surface area contributed by atoms with Gasteiger partial charge in [0.05, 0.1) is 10.6 Å². The van der Waals surface area contributed by atoms with Gasteiger partial charge in [-0.05, 0) is 61.4 Å². The number of alkyl halides is 3. The lowest BCUT2D eigenvalue weighted by Gasteiger charge is -2.22. The minimum Gasteiger partial charge on any atom is -0.406 e. The van der Waals surface area contributed by atoms with Gasteiger partial charge in [-0.2, -0.15) is 0 Å². The van der Waals surface area contributed by atoms with E-state index in [0.717, 1.165) is 17.7 Å². The smallest absolute Gasteiger partial charge is 0.406 e. The van der Waals surface area contributed by atoms with Crippen molar-refractivity contribution in [2.24, 2.45) is 0 Å². The summed E-state index contributed by atoms with van der Waals surface area (Å²) in [4.78, 5) is 26.1. The summed E-state index contributed by atoms with van der Waals surface area (Å²) in [6.45, 7) is 3.66. The fourth-order valence-corrected chi connectivity index (χ4v) is 4.95. The van der Waals surface area contributed by atoms with E-state index in [2.05, 4.69) is 10.1 Å². The molecule has 3 rings (SSSR count).